The van der Waals surface area contributed by atoms with E-state index in [-0.39, 0.29) is 13.2 Å². The molecule has 150 valence electrons. The van der Waals surface area contributed by atoms with Gasteiger partial charge in [0, 0.05) is 22.7 Å². The lowest BCUT2D eigenvalue weighted by molar-refractivity contribution is 0.281. The van der Waals surface area contributed by atoms with Crippen LogP contribution >= 0.6 is 0 Å². The van der Waals surface area contributed by atoms with Gasteiger partial charge in [0.2, 0.25) is 0 Å². The van der Waals surface area contributed by atoms with Crippen LogP contribution in [0.4, 0.5) is 22.7 Å². The second-order valence-corrected chi connectivity index (χ2v) is 7.11. The third kappa shape index (κ3) is 4.87. The van der Waals surface area contributed by atoms with E-state index in [4.69, 9.17) is 10.2 Å². The highest BCUT2D eigenvalue weighted by Crippen LogP contribution is 2.26. The summed E-state index contributed by atoms with van der Waals surface area (Å²) in [6.45, 7) is 0.110. The second-order valence-electron chi connectivity index (χ2n) is 7.11. The fraction of sp³-hybridized carbons (Fsp3) is 0.0769. The molecule has 0 aromatic heterocycles. The fourth-order valence-corrected chi connectivity index (χ4v) is 3.21. The molecule has 0 atom stereocenters. The Morgan fingerprint density at radius 2 is 0.667 bits per heavy atom. The molecule has 4 nitrogen and oxygen atoms in total. The molecule has 0 aliphatic carbocycles. The Morgan fingerprint density at radius 1 is 0.400 bits per heavy atom. The molecule has 30 heavy (non-hydrogen) atoms. The first-order chi connectivity index (χ1) is 14.7. The molecule has 4 N–H and O–H groups in total. The van der Waals surface area contributed by atoms with Gasteiger partial charge >= 0.3 is 0 Å². The maximum atomic E-state index is 9.13. The molecule has 0 bridgehead atoms. The molecule has 4 heteroatoms. The van der Waals surface area contributed by atoms with E-state index in [1.807, 2.05) is 48.5 Å². The molecule has 0 radical (unpaired) electrons. The average Bonchev–Trinajstić information content (AvgIpc) is 2.81. The molecular weight excluding hydrogens is 372 g/mol. The van der Waals surface area contributed by atoms with Crippen molar-refractivity contribution in [3.05, 3.63) is 108 Å². The molecule has 0 unspecified atom stereocenters. The first-order valence-electron chi connectivity index (χ1n) is 9.88. The summed E-state index contributed by atoms with van der Waals surface area (Å²) in [5.74, 6) is 0. The van der Waals surface area contributed by atoms with E-state index in [0.29, 0.717) is 0 Å². The highest BCUT2D eigenvalue weighted by Gasteiger charge is 2.01. The molecule has 0 aliphatic rings. The minimum absolute atomic E-state index is 0.0548. The Kier molecular flexibility index (Phi) is 6.09. The van der Waals surface area contributed by atoms with Gasteiger partial charge in [-0.1, -0.05) is 48.5 Å². The topological polar surface area (TPSA) is 64.5 Å². The SMILES string of the molecule is OCc1ccc(Nc2ccc(-c3ccc(Nc4ccc(CO)cc4)cc3)cc2)cc1. The Balaban J connectivity index is 1.40. The molecule has 4 aromatic carbocycles. The fourth-order valence-electron chi connectivity index (χ4n) is 3.21. The van der Waals surface area contributed by atoms with E-state index in [2.05, 4.69) is 59.2 Å². The zero-order chi connectivity index (χ0) is 20.8. The van der Waals surface area contributed by atoms with Crippen molar-refractivity contribution in [1.29, 1.82) is 0 Å². The van der Waals surface area contributed by atoms with E-state index in [0.717, 1.165) is 45.0 Å². The number of benzene rings is 4. The average molecular weight is 396 g/mol. The normalized spacial score (nSPS) is 10.6. The Labute approximate surface area is 176 Å². The molecular formula is C26H24N2O2. The van der Waals surface area contributed by atoms with Gasteiger partial charge in [0.05, 0.1) is 13.2 Å². The van der Waals surface area contributed by atoms with Gasteiger partial charge < -0.3 is 20.8 Å². The molecule has 0 aliphatic heterocycles. The van der Waals surface area contributed by atoms with Crippen LogP contribution in [0.15, 0.2) is 97.1 Å². The van der Waals surface area contributed by atoms with Gasteiger partial charge in [-0.3, -0.25) is 0 Å². The summed E-state index contributed by atoms with van der Waals surface area (Å²) >= 11 is 0. The summed E-state index contributed by atoms with van der Waals surface area (Å²) < 4.78 is 0. The standard InChI is InChI=1S/C26H24N2O2/c29-17-19-1-9-23(10-2-19)27-25-13-5-21(6-14-25)22-7-15-26(16-8-22)28-24-11-3-20(18-30)4-12-24/h1-16,27-30H,17-18H2. The van der Waals surface area contributed by atoms with E-state index in [9.17, 15) is 0 Å². The van der Waals surface area contributed by atoms with E-state index in [1.165, 1.54) is 0 Å². The highest BCUT2D eigenvalue weighted by atomic mass is 16.3. The zero-order valence-electron chi connectivity index (χ0n) is 16.5. The number of aliphatic hydroxyl groups excluding tert-OH is 2. The number of hydrogen-bond acceptors (Lipinski definition) is 4. The summed E-state index contributed by atoms with van der Waals surface area (Å²) in [4.78, 5) is 0. The van der Waals surface area contributed by atoms with Gasteiger partial charge in [-0.25, -0.2) is 0 Å². The van der Waals surface area contributed by atoms with Crippen molar-refractivity contribution in [2.75, 3.05) is 10.6 Å². The predicted octanol–water partition coefficient (Wildman–Crippen LogP) is 5.83. The lowest BCUT2D eigenvalue weighted by Gasteiger charge is -2.10. The summed E-state index contributed by atoms with van der Waals surface area (Å²) in [5, 5.41) is 25.0. The maximum absolute atomic E-state index is 9.13. The molecule has 4 aromatic rings. The first kappa shape index (κ1) is 19.7. The van der Waals surface area contributed by atoms with Crippen LogP contribution in [0.1, 0.15) is 11.1 Å². The molecule has 4 rings (SSSR count). The zero-order valence-corrected chi connectivity index (χ0v) is 16.5. The minimum atomic E-state index is 0.0548. The van der Waals surface area contributed by atoms with E-state index < -0.39 is 0 Å². The molecule has 0 saturated carbocycles. The van der Waals surface area contributed by atoms with Crippen molar-refractivity contribution in [3.8, 4) is 11.1 Å². The predicted molar refractivity (Wildman–Crippen MR) is 123 cm³/mol. The van der Waals surface area contributed by atoms with Gasteiger partial charge in [0.15, 0.2) is 0 Å². The Hall–Kier alpha value is -3.60. The van der Waals surface area contributed by atoms with Crippen molar-refractivity contribution in [3.63, 3.8) is 0 Å². The largest absolute Gasteiger partial charge is 0.392 e. The quantitative estimate of drug-likeness (QED) is 0.318. The van der Waals surface area contributed by atoms with Gasteiger partial charge in [0.25, 0.3) is 0 Å². The molecule has 0 amide bonds. The number of anilines is 4. The van der Waals surface area contributed by atoms with Crippen molar-refractivity contribution in [2.45, 2.75) is 13.2 Å². The molecule has 0 saturated heterocycles. The number of aliphatic hydroxyl groups is 2. The third-order valence-electron chi connectivity index (χ3n) is 4.95. The summed E-state index contributed by atoms with van der Waals surface area (Å²) in [6, 6.07) is 32.1. The Morgan fingerprint density at radius 3 is 0.933 bits per heavy atom. The monoisotopic (exact) mass is 396 g/mol. The van der Waals surface area contributed by atoms with Crippen LogP contribution in [-0.4, -0.2) is 10.2 Å². The van der Waals surface area contributed by atoms with Crippen LogP contribution in [0.5, 0.6) is 0 Å². The molecule has 0 fully saturated rings. The lowest BCUT2D eigenvalue weighted by Crippen LogP contribution is -1.92. The van der Waals surface area contributed by atoms with Gasteiger partial charge in [-0.15, -0.1) is 0 Å². The van der Waals surface area contributed by atoms with Crippen LogP contribution in [0, 0.1) is 0 Å². The molecule has 0 heterocycles. The van der Waals surface area contributed by atoms with Gasteiger partial charge in [-0.2, -0.15) is 0 Å². The van der Waals surface area contributed by atoms with E-state index in [1.54, 1.807) is 0 Å². The second kappa shape index (κ2) is 9.27. The number of rotatable bonds is 7. The van der Waals surface area contributed by atoms with Crippen LogP contribution in [0.2, 0.25) is 0 Å². The lowest BCUT2D eigenvalue weighted by atomic mass is 10.0. The van der Waals surface area contributed by atoms with E-state index >= 15 is 0 Å². The number of hydrogen-bond donors (Lipinski definition) is 4. The molecule has 0 spiro atoms. The smallest absolute Gasteiger partial charge is 0.0681 e. The minimum Gasteiger partial charge on any atom is -0.392 e. The van der Waals surface area contributed by atoms with Gasteiger partial charge in [0.1, 0.15) is 0 Å². The van der Waals surface area contributed by atoms with Crippen LogP contribution in [0.25, 0.3) is 11.1 Å². The van der Waals surface area contributed by atoms with Gasteiger partial charge in [-0.05, 0) is 70.8 Å². The Bertz CT molecular complexity index is 981. The number of nitrogens with one attached hydrogen (secondary N) is 2. The summed E-state index contributed by atoms with van der Waals surface area (Å²) in [5.41, 5.74) is 8.10. The summed E-state index contributed by atoms with van der Waals surface area (Å²) in [7, 11) is 0. The van der Waals surface area contributed by atoms with Crippen LogP contribution < -0.4 is 10.6 Å². The first-order valence-corrected chi connectivity index (χ1v) is 9.88. The highest BCUT2D eigenvalue weighted by molar-refractivity contribution is 5.71. The van der Waals surface area contributed by atoms with Crippen molar-refractivity contribution < 1.29 is 10.2 Å². The third-order valence-corrected chi connectivity index (χ3v) is 4.95. The van der Waals surface area contributed by atoms with Crippen molar-refractivity contribution in [2.24, 2.45) is 0 Å². The van der Waals surface area contributed by atoms with Crippen LogP contribution in [0.3, 0.4) is 0 Å². The van der Waals surface area contributed by atoms with Crippen molar-refractivity contribution >= 4 is 22.7 Å². The van der Waals surface area contributed by atoms with Crippen LogP contribution in [-0.2, 0) is 13.2 Å². The summed E-state index contributed by atoms with van der Waals surface area (Å²) in [6.07, 6.45) is 0. The van der Waals surface area contributed by atoms with Crippen molar-refractivity contribution in [1.82, 2.24) is 0 Å². The maximum Gasteiger partial charge on any atom is 0.0681 e.